The van der Waals surface area contributed by atoms with Crippen molar-refractivity contribution < 1.29 is 4.74 Å². The number of nitrogens with zero attached hydrogens (tertiary/aromatic N) is 2. The van der Waals surface area contributed by atoms with E-state index in [-0.39, 0.29) is 0 Å². The number of benzene rings is 1. The molecule has 0 saturated carbocycles. The third kappa shape index (κ3) is 3.58. The van der Waals surface area contributed by atoms with Crippen molar-refractivity contribution in [3.8, 4) is 5.75 Å². The van der Waals surface area contributed by atoms with Crippen LogP contribution in [-0.4, -0.2) is 44.2 Å². The summed E-state index contributed by atoms with van der Waals surface area (Å²) >= 11 is 0. The highest BCUT2D eigenvalue weighted by molar-refractivity contribution is 5.92. The maximum Gasteiger partial charge on any atom is 0.133 e. The number of hydrogen-bond acceptors (Lipinski definition) is 4. The molecule has 102 valence electrons. The molecule has 4 heteroatoms. The zero-order valence-electron chi connectivity index (χ0n) is 11.8. The minimum Gasteiger partial charge on any atom is -0.497 e. The molecule has 2 rings (SSSR count). The van der Waals surface area contributed by atoms with Gasteiger partial charge in [-0.15, -0.1) is 0 Å². The second kappa shape index (κ2) is 6.38. The zero-order valence-corrected chi connectivity index (χ0v) is 11.8. The molecule has 0 saturated heterocycles. The molecular weight excluding hydrogens is 238 g/mol. The number of nitrogens with one attached hydrogen (secondary N) is 1. The molecule has 0 unspecified atom stereocenters. The van der Waals surface area contributed by atoms with Gasteiger partial charge in [-0.25, -0.2) is 4.98 Å². The summed E-state index contributed by atoms with van der Waals surface area (Å²) in [5.74, 6) is 1.78. The molecule has 0 bridgehead atoms. The number of methoxy groups -OCH3 is 1. The Hall–Kier alpha value is -1.81. The predicted molar refractivity (Wildman–Crippen MR) is 80.0 cm³/mol. The standard InChI is InChI=1S/C15H21N3O/c1-18(2)10-4-8-16-15-14-11-13(19-3)6-5-12(14)7-9-17-15/h5-7,9,11H,4,8,10H2,1-3H3,(H,16,17). The van der Waals surface area contributed by atoms with Crippen LogP contribution in [0.25, 0.3) is 10.8 Å². The van der Waals surface area contributed by atoms with E-state index in [4.69, 9.17) is 4.74 Å². The molecule has 1 aromatic carbocycles. The van der Waals surface area contributed by atoms with Crippen LogP contribution in [0, 0.1) is 0 Å². The first-order chi connectivity index (χ1) is 9.20. The van der Waals surface area contributed by atoms with Gasteiger partial charge in [0, 0.05) is 18.1 Å². The minimum atomic E-state index is 0.858. The van der Waals surface area contributed by atoms with Crippen molar-refractivity contribution in [3.63, 3.8) is 0 Å². The van der Waals surface area contributed by atoms with Crippen LogP contribution in [0.3, 0.4) is 0 Å². The van der Waals surface area contributed by atoms with Crippen LogP contribution in [0.4, 0.5) is 5.82 Å². The third-order valence-electron chi connectivity index (χ3n) is 3.05. The molecule has 0 radical (unpaired) electrons. The van der Waals surface area contributed by atoms with Crippen LogP contribution in [0.15, 0.2) is 30.5 Å². The van der Waals surface area contributed by atoms with Crippen molar-refractivity contribution in [1.29, 1.82) is 0 Å². The topological polar surface area (TPSA) is 37.4 Å². The highest BCUT2D eigenvalue weighted by Gasteiger charge is 2.03. The fourth-order valence-corrected chi connectivity index (χ4v) is 2.02. The molecular formula is C15H21N3O. The van der Waals surface area contributed by atoms with Gasteiger partial charge in [0.05, 0.1) is 7.11 Å². The van der Waals surface area contributed by atoms with Gasteiger partial charge in [0.2, 0.25) is 0 Å². The molecule has 1 aromatic heterocycles. The Bertz CT molecular complexity index is 540. The van der Waals surface area contributed by atoms with Gasteiger partial charge in [-0.05, 0) is 50.6 Å². The third-order valence-corrected chi connectivity index (χ3v) is 3.05. The van der Waals surface area contributed by atoms with Gasteiger partial charge in [0.25, 0.3) is 0 Å². The highest BCUT2D eigenvalue weighted by Crippen LogP contribution is 2.25. The number of rotatable bonds is 6. The fraction of sp³-hybridized carbons (Fsp3) is 0.400. The van der Waals surface area contributed by atoms with E-state index in [0.717, 1.165) is 36.5 Å². The number of pyridine rings is 1. The summed E-state index contributed by atoms with van der Waals surface area (Å²) in [6.07, 6.45) is 2.93. The second-order valence-electron chi connectivity index (χ2n) is 4.83. The first kappa shape index (κ1) is 13.6. The summed E-state index contributed by atoms with van der Waals surface area (Å²) in [5, 5.41) is 5.68. The molecule has 1 heterocycles. The van der Waals surface area contributed by atoms with E-state index in [2.05, 4.69) is 35.4 Å². The van der Waals surface area contributed by atoms with E-state index < -0.39 is 0 Å². The Morgan fingerprint density at radius 1 is 1.26 bits per heavy atom. The van der Waals surface area contributed by atoms with Crippen molar-refractivity contribution in [2.24, 2.45) is 0 Å². The van der Waals surface area contributed by atoms with E-state index >= 15 is 0 Å². The number of hydrogen-bond donors (Lipinski definition) is 1. The van der Waals surface area contributed by atoms with E-state index in [1.165, 1.54) is 5.39 Å². The first-order valence-electron chi connectivity index (χ1n) is 6.52. The maximum atomic E-state index is 5.27. The van der Waals surface area contributed by atoms with Gasteiger partial charge in [-0.1, -0.05) is 6.07 Å². The minimum absolute atomic E-state index is 0.858. The number of aromatic nitrogens is 1. The van der Waals surface area contributed by atoms with Crippen LogP contribution in [0.5, 0.6) is 5.75 Å². The van der Waals surface area contributed by atoms with Gasteiger partial charge in [-0.3, -0.25) is 0 Å². The Labute approximate surface area is 114 Å². The van der Waals surface area contributed by atoms with Crippen LogP contribution in [-0.2, 0) is 0 Å². The van der Waals surface area contributed by atoms with Gasteiger partial charge in [0.1, 0.15) is 11.6 Å². The summed E-state index contributed by atoms with van der Waals surface area (Å²) in [6, 6.07) is 8.06. The molecule has 0 amide bonds. The molecule has 4 nitrogen and oxygen atoms in total. The summed E-state index contributed by atoms with van der Waals surface area (Å²) in [4.78, 5) is 6.60. The summed E-state index contributed by atoms with van der Waals surface area (Å²) in [5.41, 5.74) is 0. The second-order valence-corrected chi connectivity index (χ2v) is 4.83. The van der Waals surface area contributed by atoms with Crippen molar-refractivity contribution >= 4 is 16.6 Å². The van der Waals surface area contributed by atoms with E-state index in [0.29, 0.717) is 0 Å². The first-order valence-corrected chi connectivity index (χ1v) is 6.52. The van der Waals surface area contributed by atoms with Gasteiger partial charge in [-0.2, -0.15) is 0 Å². The molecule has 0 fully saturated rings. The van der Waals surface area contributed by atoms with Crippen molar-refractivity contribution in [3.05, 3.63) is 30.5 Å². The van der Waals surface area contributed by atoms with Crippen LogP contribution in [0.1, 0.15) is 6.42 Å². The molecule has 0 atom stereocenters. The number of anilines is 1. The maximum absolute atomic E-state index is 5.27. The molecule has 1 N–H and O–H groups in total. The van der Waals surface area contributed by atoms with Crippen molar-refractivity contribution in [1.82, 2.24) is 9.88 Å². The van der Waals surface area contributed by atoms with Crippen LogP contribution >= 0.6 is 0 Å². The molecule has 2 aromatic rings. The lowest BCUT2D eigenvalue weighted by Gasteiger charge is -2.12. The highest BCUT2D eigenvalue weighted by atomic mass is 16.5. The number of ether oxygens (including phenoxy) is 1. The Morgan fingerprint density at radius 3 is 2.84 bits per heavy atom. The predicted octanol–water partition coefficient (Wildman–Crippen LogP) is 2.61. The lowest BCUT2D eigenvalue weighted by molar-refractivity contribution is 0.405. The van der Waals surface area contributed by atoms with Crippen LogP contribution in [0.2, 0.25) is 0 Å². The molecule has 19 heavy (non-hydrogen) atoms. The lowest BCUT2D eigenvalue weighted by Crippen LogP contribution is -2.16. The van der Waals surface area contributed by atoms with E-state index in [9.17, 15) is 0 Å². The fourth-order valence-electron chi connectivity index (χ4n) is 2.02. The summed E-state index contributed by atoms with van der Waals surface area (Å²) < 4.78 is 5.27. The molecule has 0 aliphatic heterocycles. The molecule has 0 aliphatic rings. The lowest BCUT2D eigenvalue weighted by atomic mass is 10.1. The largest absolute Gasteiger partial charge is 0.497 e. The number of fused-ring (bicyclic) bond motifs is 1. The van der Waals surface area contributed by atoms with Gasteiger partial charge < -0.3 is 15.0 Å². The van der Waals surface area contributed by atoms with E-state index in [1.807, 2.05) is 24.4 Å². The monoisotopic (exact) mass is 259 g/mol. The average molecular weight is 259 g/mol. The average Bonchev–Trinajstić information content (AvgIpc) is 2.43. The summed E-state index contributed by atoms with van der Waals surface area (Å²) in [7, 11) is 5.85. The van der Waals surface area contributed by atoms with E-state index in [1.54, 1.807) is 7.11 Å². The Balaban J connectivity index is 2.13. The van der Waals surface area contributed by atoms with Crippen molar-refractivity contribution in [2.45, 2.75) is 6.42 Å². The Kier molecular flexibility index (Phi) is 4.58. The smallest absolute Gasteiger partial charge is 0.133 e. The quantitative estimate of drug-likeness (QED) is 0.809. The molecule has 0 aliphatic carbocycles. The van der Waals surface area contributed by atoms with Crippen LogP contribution < -0.4 is 10.1 Å². The Morgan fingerprint density at radius 2 is 2.11 bits per heavy atom. The van der Waals surface area contributed by atoms with Crippen molar-refractivity contribution in [2.75, 3.05) is 39.6 Å². The molecule has 0 spiro atoms. The normalized spacial score (nSPS) is 10.9. The van der Waals surface area contributed by atoms with Gasteiger partial charge in [0.15, 0.2) is 0 Å². The summed E-state index contributed by atoms with van der Waals surface area (Å²) in [6.45, 7) is 1.99. The zero-order chi connectivity index (χ0) is 13.7. The SMILES string of the molecule is COc1ccc2ccnc(NCCCN(C)C)c2c1. The van der Waals surface area contributed by atoms with Gasteiger partial charge >= 0.3 is 0 Å².